The van der Waals surface area contributed by atoms with Gasteiger partial charge in [0.15, 0.2) is 0 Å². The lowest BCUT2D eigenvalue weighted by Gasteiger charge is -2.34. The summed E-state index contributed by atoms with van der Waals surface area (Å²) in [5.41, 5.74) is 8.69. The van der Waals surface area contributed by atoms with E-state index in [1.54, 1.807) is 0 Å². The summed E-state index contributed by atoms with van der Waals surface area (Å²) in [6.07, 6.45) is 4.10. The van der Waals surface area contributed by atoms with Gasteiger partial charge in [0.25, 0.3) is 0 Å². The van der Waals surface area contributed by atoms with Gasteiger partial charge in [-0.3, -0.25) is 0 Å². The summed E-state index contributed by atoms with van der Waals surface area (Å²) < 4.78 is 0. The van der Waals surface area contributed by atoms with Gasteiger partial charge in [0, 0.05) is 0 Å². The highest BCUT2D eigenvalue weighted by Gasteiger charge is 2.45. The largest absolute Gasteiger partial charge is 0.0988 e. The van der Waals surface area contributed by atoms with Crippen LogP contribution < -0.4 is 0 Å². The third-order valence-electron chi connectivity index (χ3n) is 5.03. The molecule has 0 spiro atoms. The Morgan fingerprint density at radius 1 is 1.05 bits per heavy atom. The van der Waals surface area contributed by atoms with Gasteiger partial charge in [0.2, 0.25) is 0 Å². The molecule has 1 aliphatic rings. The van der Waals surface area contributed by atoms with Gasteiger partial charge in [-0.25, -0.2) is 0 Å². The second-order valence-corrected chi connectivity index (χ2v) is 5.99. The van der Waals surface area contributed by atoms with Crippen LogP contribution >= 0.6 is 0 Å². The highest BCUT2D eigenvalue weighted by Crippen LogP contribution is 2.56. The fourth-order valence-electron chi connectivity index (χ4n) is 3.90. The zero-order valence-corrected chi connectivity index (χ0v) is 13.6. The molecule has 0 N–H and O–H groups in total. The first-order valence-corrected chi connectivity index (χ1v) is 7.74. The lowest BCUT2D eigenvalue weighted by molar-refractivity contribution is 0.746. The van der Waals surface area contributed by atoms with Gasteiger partial charge in [0.1, 0.15) is 0 Å². The summed E-state index contributed by atoms with van der Waals surface area (Å²) in [6, 6.07) is 15.3. The molecule has 1 unspecified atom stereocenters. The van der Waals surface area contributed by atoms with Gasteiger partial charge in [-0.05, 0) is 54.2 Å². The molecule has 3 rings (SSSR count). The first-order chi connectivity index (χ1) is 10.6. The van der Waals surface area contributed by atoms with Crippen molar-refractivity contribution in [3.05, 3.63) is 95.6 Å². The standard InChI is InChI=1S/C22H22/c1-6-16(4)22(17(5)7-2)19-13-9-8-12-18(19)21-15(3)11-10-14-20(21)22/h6-14H,1,4H2,2-3,5H3. The highest BCUT2D eigenvalue weighted by atomic mass is 14.5. The number of fused-ring (bicyclic) bond motifs is 3. The molecular formula is C22H22. The van der Waals surface area contributed by atoms with Crippen LogP contribution in [0.4, 0.5) is 0 Å². The van der Waals surface area contributed by atoms with E-state index in [0.717, 1.165) is 5.57 Å². The van der Waals surface area contributed by atoms with E-state index < -0.39 is 0 Å². The molecule has 0 amide bonds. The molecule has 0 nitrogen and oxygen atoms in total. The molecule has 0 heteroatoms. The second-order valence-electron chi connectivity index (χ2n) is 5.99. The maximum Gasteiger partial charge on any atom is 0.0664 e. The molecular weight excluding hydrogens is 264 g/mol. The number of benzene rings is 2. The van der Waals surface area contributed by atoms with Crippen molar-refractivity contribution in [3.63, 3.8) is 0 Å². The predicted molar refractivity (Wildman–Crippen MR) is 96.2 cm³/mol. The maximum atomic E-state index is 4.36. The van der Waals surface area contributed by atoms with Crippen LogP contribution in [0, 0.1) is 6.92 Å². The van der Waals surface area contributed by atoms with Crippen molar-refractivity contribution in [3.8, 4) is 11.1 Å². The zero-order chi connectivity index (χ0) is 15.9. The van der Waals surface area contributed by atoms with Crippen LogP contribution in [0.25, 0.3) is 11.1 Å². The first-order valence-electron chi connectivity index (χ1n) is 7.74. The molecule has 1 atom stereocenters. The van der Waals surface area contributed by atoms with Crippen molar-refractivity contribution in [1.82, 2.24) is 0 Å². The lowest BCUT2D eigenvalue weighted by Crippen LogP contribution is -2.28. The van der Waals surface area contributed by atoms with Crippen LogP contribution in [-0.2, 0) is 5.41 Å². The van der Waals surface area contributed by atoms with E-state index in [-0.39, 0.29) is 5.41 Å². The predicted octanol–water partition coefficient (Wildman–Crippen LogP) is 5.97. The molecule has 0 saturated heterocycles. The normalized spacial score (nSPS) is 19.5. The van der Waals surface area contributed by atoms with Crippen LogP contribution in [0.5, 0.6) is 0 Å². The van der Waals surface area contributed by atoms with E-state index in [1.165, 1.54) is 33.4 Å². The number of rotatable bonds is 3. The molecule has 0 saturated carbocycles. The summed E-state index contributed by atoms with van der Waals surface area (Å²) in [6.45, 7) is 14.9. The van der Waals surface area contributed by atoms with Crippen molar-refractivity contribution < 1.29 is 0 Å². The van der Waals surface area contributed by atoms with E-state index >= 15 is 0 Å². The van der Waals surface area contributed by atoms with Crippen LogP contribution in [0.2, 0.25) is 0 Å². The lowest BCUT2D eigenvalue weighted by atomic mass is 9.67. The molecule has 0 aliphatic heterocycles. The van der Waals surface area contributed by atoms with Gasteiger partial charge in [-0.2, -0.15) is 0 Å². The van der Waals surface area contributed by atoms with E-state index in [1.807, 2.05) is 6.08 Å². The van der Waals surface area contributed by atoms with Gasteiger partial charge in [0.05, 0.1) is 5.41 Å². The minimum Gasteiger partial charge on any atom is -0.0988 e. The Kier molecular flexibility index (Phi) is 3.41. The minimum absolute atomic E-state index is 0.283. The number of hydrogen-bond donors (Lipinski definition) is 0. The molecule has 1 aliphatic carbocycles. The van der Waals surface area contributed by atoms with Gasteiger partial charge < -0.3 is 0 Å². The third kappa shape index (κ3) is 1.64. The molecule has 0 heterocycles. The van der Waals surface area contributed by atoms with E-state index in [9.17, 15) is 0 Å². The SMILES string of the molecule is C=CC(=C)C1(C(C)=CC)c2ccccc2-c2c(C)cccc21. The Balaban J connectivity index is 2.54. The number of aryl methyl sites for hydroxylation is 1. The molecule has 0 bridgehead atoms. The molecule has 0 aromatic heterocycles. The average Bonchev–Trinajstić information content (AvgIpc) is 2.86. The van der Waals surface area contributed by atoms with Crippen molar-refractivity contribution in [1.29, 1.82) is 0 Å². The summed E-state index contributed by atoms with van der Waals surface area (Å²) in [4.78, 5) is 0. The third-order valence-corrected chi connectivity index (χ3v) is 5.03. The van der Waals surface area contributed by atoms with Gasteiger partial charge >= 0.3 is 0 Å². The van der Waals surface area contributed by atoms with Crippen molar-refractivity contribution in [2.75, 3.05) is 0 Å². The first kappa shape index (κ1) is 14.6. The fourth-order valence-corrected chi connectivity index (χ4v) is 3.90. The molecule has 2 aromatic carbocycles. The molecule has 110 valence electrons. The summed E-state index contributed by atoms with van der Waals surface area (Å²) in [5, 5.41) is 0. The van der Waals surface area contributed by atoms with Crippen LogP contribution in [0.15, 0.2) is 78.9 Å². The van der Waals surface area contributed by atoms with E-state index in [0.29, 0.717) is 0 Å². The highest BCUT2D eigenvalue weighted by molar-refractivity contribution is 5.87. The Labute approximate surface area is 133 Å². The van der Waals surface area contributed by atoms with Crippen LogP contribution in [0.3, 0.4) is 0 Å². The van der Waals surface area contributed by atoms with Crippen molar-refractivity contribution >= 4 is 0 Å². The Morgan fingerprint density at radius 2 is 1.73 bits per heavy atom. The monoisotopic (exact) mass is 286 g/mol. The average molecular weight is 286 g/mol. The maximum absolute atomic E-state index is 4.36. The topological polar surface area (TPSA) is 0 Å². The second kappa shape index (κ2) is 5.14. The van der Waals surface area contributed by atoms with Crippen LogP contribution in [0.1, 0.15) is 30.5 Å². The van der Waals surface area contributed by atoms with Crippen molar-refractivity contribution in [2.45, 2.75) is 26.2 Å². The minimum atomic E-state index is -0.283. The Bertz CT molecular complexity index is 801. The van der Waals surface area contributed by atoms with E-state index in [4.69, 9.17) is 0 Å². The molecule has 0 radical (unpaired) electrons. The van der Waals surface area contributed by atoms with Crippen molar-refractivity contribution in [2.24, 2.45) is 0 Å². The molecule has 22 heavy (non-hydrogen) atoms. The fraction of sp³-hybridized carbons (Fsp3) is 0.182. The smallest absolute Gasteiger partial charge is 0.0664 e. The zero-order valence-electron chi connectivity index (χ0n) is 13.6. The summed E-state index contributed by atoms with van der Waals surface area (Å²) >= 11 is 0. The van der Waals surface area contributed by atoms with Gasteiger partial charge in [-0.1, -0.05) is 73.3 Å². The Hall–Kier alpha value is -2.34. The quantitative estimate of drug-likeness (QED) is 0.481. The number of allylic oxidation sites excluding steroid dienone is 4. The Morgan fingerprint density at radius 3 is 2.41 bits per heavy atom. The molecule has 0 fully saturated rings. The summed E-state index contributed by atoms with van der Waals surface area (Å²) in [7, 11) is 0. The van der Waals surface area contributed by atoms with E-state index in [2.05, 4.69) is 82.5 Å². The molecule has 2 aromatic rings. The summed E-state index contributed by atoms with van der Waals surface area (Å²) in [5.74, 6) is 0. The van der Waals surface area contributed by atoms with Gasteiger partial charge in [-0.15, -0.1) is 0 Å². The number of hydrogen-bond acceptors (Lipinski definition) is 0. The van der Waals surface area contributed by atoms with Crippen LogP contribution in [-0.4, -0.2) is 0 Å².